The molecule has 0 saturated carbocycles. The Bertz CT molecular complexity index is 640. The van der Waals surface area contributed by atoms with Crippen LogP contribution in [0, 0.1) is 0 Å². The van der Waals surface area contributed by atoms with Crippen LogP contribution in [-0.4, -0.2) is 54.1 Å². The Morgan fingerprint density at radius 2 is 1.77 bits per heavy atom. The van der Waals surface area contributed by atoms with Crippen molar-refractivity contribution in [2.75, 3.05) is 38.2 Å². The van der Waals surface area contributed by atoms with Crippen LogP contribution >= 0.6 is 0 Å². The molecular formula is C16H18N4O2. The van der Waals surface area contributed by atoms with E-state index in [0.717, 1.165) is 24.5 Å². The molecule has 0 radical (unpaired) electrons. The lowest BCUT2D eigenvalue weighted by atomic mass is 10.2. The molecule has 1 aliphatic rings. The lowest BCUT2D eigenvalue weighted by molar-refractivity contribution is 0.0746. The van der Waals surface area contributed by atoms with Crippen LogP contribution in [0.4, 0.5) is 5.69 Å². The number of carbonyl (C=O) groups is 1. The van der Waals surface area contributed by atoms with Crippen LogP contribution in [0.1, 0.15) is 10.4 Å². The van der Waals surface area contributed by atoms with Gasteiger partial charge in [0.15, 0.2) is 0 Å². The molecule has 0 N–H and O–H groups in total. The minimum Gasteiger partial charge on any atom is -0.495 e. The fourth-order valence-electron chi connectivity index (χ4n) is 2.63. The number of carbonyl (C=O) groups excluding carboxylic acids is 1. The number of hydrogen-bond donors (Lipinski definition) is 0. The number of para-hydroxylation sites is 2. The van der Waals surface area contributed by atoms with E-state index in [0.29, 0.717) is 18.7 Å². The van der Waals surface area contributed by atoms with Crippen molar-refractivity contribution in [1.82, 2.24) is 14.9 Å². The molecule has 6 heteroatoms. The third kappa shape index (κ3) is 2.86. The van der Waals surface area contributed by atoms with Crippen LogP contribution in [0.5, 0.6) is 5.75 Å². The summed E-state index contributed by atoms with van der Waals surface area (Å²) in [5.41, 5.74) is 1.60. The molecule has 1 saturated heterocycles. The molecular weight excluding hydrogens is 280 g/mol. The topological polar surface area (TPSA) is 58.6 Å². The van der Waals surface area contributed by atoms with Crippen LogP contribution in [0.25, 0.3) is 0 Å². The van der Waals surface area contributed by atoms with E-state index >= 15 is 0 Å². The molecule has 1 aromatic heterocycles. The van der Waals surface area contributed by atoms with Crippen molar-refractivity contribution in [1.29, 1.82) is 0 Å². The lowest BCUT2D eigenvalue weighted by Crippen LogP contribution is -2.48. The number of benzene rings is 1. The normalized spacial score (nSPS) is 14.8. The Hall–Kier alpha value is -2.63. The second kappa shape index (κ2) is 6.43. The summed E-state index contributed by atoms with van der Waals surface area (Å²) >= 11 is 0. The maximum atomic E-state index is 12.4. The highest BCUT2D eigenvalue weighted by Gasteiger charge is 2.23. The molecule has 0 spiro atoms. The van der Waals surface area contributed by atoms with Crippen LogP contribution < -0.4 is 9.64 Å². The number of rotatable bonds is 3. The number of amides is 1. The first kappa shape index (κ1) is 14.3. The number of anilines is 1. The van der Waals surface area contributed by atoms with Gasteiger partial charge in [-0.2, -0.15) is 0 Å². The summed E-state index contributed by atoms with van der Waals surface area (Å²) < 4.78 is 5.40. The van der Waals surface area contributed by atoms with E-state index in [1.54, 1.807) is 19.5 Å². The van der Waals surface area contributed by atoms with Crippen LogP contribution in [-0.2, 0) is 0 Å². The molecule has 3 rings (SSSR count). The summed E-state index contributed by atoms with van der Waals surface area (Å²) in [6.07, 6.45) is 4.54. The van der Waals surface area contributed by atoms with Gasteiger partial charge in [-0.3, -0.25) is 4.79 Å². The van der Waals surface area contributed by atoms with Crippen molar-refractivity contribution in [2.45, 2.75) is 0 Å². The Balaban J connectivity index is 1.67. The van der Waals surface area contributed by atoms with Crippen LogP contribution in [0.3, 0.4) is 0 Å². The van der Waals surface area contributed by atoms with E-state index in [9.17, 15) is 4.79 Å². The predicted octanol–water partition coefficient (Wildman–Crippen LogP) is 1.45. The molecule has 0 aliphatic carbocycles. The molecule has 1 fully saturated rings. The number of nitrogens with zero attached hydrogens (tertiary/aromatic N) is 4. The third-order valence-corrected chi connectivity index (χ3v) is 3.80. The predicted molar refractivity (Wildman–Crippen MR) is 83.1 cm³/mol. The number of piperazine rings is 1. The second-order valence-electron chi connectivity index (χ2n) is 5.08. The molecule has 0 unspecified atom stereocenters. The molecule has 2 heterocycles. The van der Waals surface area contributed by atoms with Gasteiger partial charge in [-0.25, -0.2) is 9.97 Å². The minimum absolute atomic E-state index is 0.0136. The first-order valence-corrected chi connectivity index (χ1v) is 7.22. The van der Waals surface area contributed by atoms with Crippen molar-refractivity contribution >= 4 is 11.6 Å². The molecule has 114 valence electrons. The number of aromatic nitrogens is 2. The highest BCUT2D eigenvalue weighted by Crippen LogP contribution is 2.28. The van der Waals surface area contributed by atoms with Gasteiger partial charge in [0.2, 0.25) is 0 Å². The van der Waals surface area contributed by atoms with E-state index in [2.05, 4.69) is 14.9 Å². The minimum atomic E-state index is -0.0136. The summed E-state index contributed by atoms with van der Waals surface area (Å²) in [5, 5.41) is 0. The van der Waals surface area contributed by atoms with Gasteiger partial charge < -0.3 is 14.5 Å². The largest absolute Gasteiger partial charge is 0.495 e. The molecule has 6 nitrogen and oxygen atoms in total. The van der Waals surface area contributed by atoms with Crippen molar-refractivity contribution in [2.24, 2.45) is 0 Å². The van der Waals surface area contributed by atoms with E-state index < -0.39 is 0 Å². The van der Waals surface area contributed by atoms with Crippen molar-refractivity contribution in [3.8, 4) is 5.75 Å². The lowest BCUT2D eigenvalue weighted by Gasteiger charge is -2.36. The standard InChI is InChI=1S/C16H18N4O2/c1-22-15-5-3-2-4-14(15)19-6-8-20(9-7-19)16(21)13-10-17-12-18-11-13/h2-5,10-12H,6-9H2,1H3. The zero-order valence-corrected chi connectivity index (χ0v) is 12.5. The highest BCUT2D eigenvalue weighted by molar-refractivity contribution is 5.93. The van der Waals surface area contributed by atoms with Gasteiger partial charge >= 0.3 is 0 Å². The second-order valence-corrected chi connectivity index (χ2v) is 5.08. The monoisotopic (exact) mass is 298 g/mol. The average Bonchev–Trinajstić information content (AvgIpc) is 2.62. The smallest absolute Gasteiger partial charge is 0.257 e. The SMILES string of the molecule is COc1ccccc1N1CCN(C(=O)c2cncnc2)CC1. The number of hydrogen-bond acceptors (Lipinski definition) is 5. The zero-order valence-electron chi connectivity index (χ0n) is 12.5. The third-order valence-electron chi connectivity index (χ3n) is 3.80. The average molecular weight is 298 g/mol. The van der Waals surface area contributed by atoms with Crippen molar-refractivity contribution in [3.05, 3.63) is 48.5 Å². The summed E-state index contributed by atoms with van der Waals surface area (Å²) in [6.45, 7) is 2.90. The van der Waals surface area contributed by atoms with Gasteiger partial charge in [0.25, 0.3) is 5.91 Å². The van der Waals surface area contributed by atoms with E-state index in [4.69, 9.17) is 4.74 Å². The van der Waals surface area contributed by atoms with Gasteiger partial charge in [-0.15, -0.1) is 0 Å². The van der Waals surface area contributed by atoms with Crippen LogP contribution in [0.2, 0.25) is 0 Å². The van der Waals surface area contributed by atoms with Gasteiger partial charge in [-0.1, -0.05) is 12.1 Å². The van der Waals surface area contributed by atoms with E-state index in [1.807, 2.05) is 29.2 Å². The van der Waals surface area contributed by atoms with Crippen molar-refractivity contribution in [3.63, 3.8) is 0 Å². The summed E-state index contributed by atoms with van der Waals surface area (Å²) in [7, 11) is 1.67. The van der Waals surface area contributed by atoms with Gasteiger partial charge in [0.05, 0.1) is 18.4 Å². The Labute approximate surface area is 129 Å². The first-order valence-electron chi connectivity index (χ1n) is 7.22. The van der Waals surface area contributed by atoms with E-state index in [-0.39, 0.29) is 5.91 Å². The molecule has 2 aromatic rings. The first-order chi connectivity index (χ1) is 10.8. The quantitative estimate of drug-likeness (QED) is 0.858. The number of ether oxygens (including phenoxy) is 1. The zero-order chi connectivity index (χ0) is 15.4. The maximum Gasteiger partial charge on any atom is 0.257 e. The maximum absolute atomic E-state index is 12.4. The molecule has 1 amide bonds. The molecule has 0 atom stereocenters. The Kier molecular flexibility index (Phi) is 4.18. The molecule has 1 aromatic carbocycles. The summed E-state index contributed by atoms with van der Waals surface area (Å²) in [4.78, 5) is 24.2. The Morgan fingerprint density at radius 1 is 1.09 bits per heavy atom. The summed E-state index contributed by atoms with van der Waals surface area (Å²) in [6, 6.07) is 7.95. The van der Waals surface area contributed by atoms with Gasteiger partial charge in [-0.05, 0) is 12.1 Å². The van der Waals surface area contributed by atoms with E-state index in [1.165, 1.54) is 6.33 Å². The highest BCUT2D eigenvalue weighted by atomic mass is 16.5. The number of methoxy groups -OCH3 is 1. The Morgan fingerprint density at radius 3 is 2.45 bits per heavy atom. The summed E-state index contributed by atoms with van der Waals surface area (Å²) in [5.74, 6) is 0.846. The van der Waals surface area contributed by atoms with Crippen molar-refractivity contribution < 1.29 is 9.53 Å². The molecule has 22 heavy (non-hydrogen) atoms. The fraction of sp³-hybridized carbons (Fsp3) is 0.312. The van der Waals surface area contributed by atoms with Gasteiger partial charge in [0.1, 0.15) is 12.1 Å². The fourth-order valence-corrected chi connectivity index (χ4v) is 2.63. The molecule has 1 aliphatic heterocycles. The molecule has 0 bridgehead atoms. The van der Waals surface area contributed by atoms with Crippen LogP contribution in [0.15, 0.2) is 43.0 Å². The van der Waals surface area contributed by atoms with Gasteiger partial charge in [0, 0.05) is 38.6 Å².